The molecule has 2 heterocycles. The van der Waals surface area contributed by atoms with Gasteiger partial charge in [0.15, 0.2) is 0 Å². The van der Waals surface area contributed by atoms with Gasteiger partial charge in [-0.3, -0.25) is 4.90 Å². The van der Waals surface area contributed by atoms with Gasteiger partial charge in [-0.15, -0.1) is 0 Å². The van der Waals surface area contributed by atoms with Crippen LogP contribution in [0.5, 0.6) is 0 Å². The van der Waals surface area contributed by atoms with E-state index in [9.17, 15) is 8.42 Å². The summed E-state index contributed by atoms with van der Waals surface area (Å²) in [6, 6.07) is 1.14. The van der Waals surface area contributed by atoms with E-state index < -0.39 is 10.0 Å². The van der Waals surface area contributed by atoms with E-state index in [0.717, 1.165) is 25.3 Å². The molecule has 0 unspecified atom stereocenters. The predicted molar refractivity (Wildman–Crippen MR) is 86.9 cm³/mol. The highest BCUT2D eigenvalue weighted by atomic mass is 32.2. The minimum atomic E-state index is -3.00. The second-order valence-corrected chi connectivity index (χ2v) is 9.01. The molecule has 2 fully saturated rings. The molecule has 21 heavy (non-hydrogen) atoms. The molecule has 2 aliphatic rings. The molecule has 0 spiro atoms. The Labute approximate surface area is 130 Å². The van der Waals surface area contributed by atoms with Gasteiger partial charge in [-0.1, -0.05) is 13.8 Å². The number of likely N-dealkylation sites (tertiary alicyclic amines) is 1. The van der Waals surface area contributed by atoms with Gasteiger partial charge >= 0.3 is 0 Å². The van der Waals surface area contributed by atoms with Crippen molar-refractivity contribution < 1.29 is 8.42 Å². The Kier molecular flexibility index (Phi) is 6.05. The third-order valence-electron chi connectivity index (χ3n) is 4.66. The number of sulfonamides is 1. The molecule has 1 atom stereocenters. The van der Waals surface area contributed by atoms with Crippen LogP contribution in [0.3, 0.4) is 0 Å². The fourth-order valence-electron chi connectivity index (χ4n) is 3.53. The summed E-state index contributed by atoms with van der Waals surface area (Å²) in [5, 5.41) is 3.68. The Morgan fingerprint density at radius 1 is 1.14 bits per heavy atom. The van der Waals surface area contributed by atoms with E-state index >= 15 is 0 Å². The van der Waals surface area contributed by atoms with Crippen molar-refractivity contribution in [2.45, 2.75) is 51.6 Å². The van der Waals surface area contributed by atoms with Crippen molar-refractivity contribution in [2.75, 3.05) is 39.0 Å². The topological polar surface area (TPSA) is 52.6 Å². The summed E-state index contributed by atoms with van der Waals surface area (Å²) in [6.45, 7) is 9.37. The summed E-state index contributed by atoms with van der Waals surface area (Å²) in [7, 11) is -3.00. The number of rotatable bonds is 6. The summed E-state index contributed by atoms with van der Waals surface area (Å²) in [5.41, 5.74) is 0. The molecular weight excluding hydrogens is 286 g/mol. The van der Waals surface area contributed by atoms with Crippen LogP contribution in [0.4, 0.5) is 0 Å². The number of piperidine rings is 1. The molecule has 0 bridgehead atoms. The Morgan fingerprint density at radius 3 is 2.38 bits per heavy atom. The first kappa shape index (κ1) is 17.2. The van der Waals surface area contributed by atoms with Gasteiger partial charge in [0, 0.05) is 38.3 Å². The fraction of sp³-hybridized carbons (Fsp3) is 1.00. The Hall–Kier alpha value is -0.170. The van der Waals surface area contributed by atoms with Crippen molar-refractivity contribution in [3.05, 3.63) is 0 Å². The SMILES string of the molecule is CC(C)CN1CCC[C@@H]1CNC1CCN(S(C)(=O)=O)CC1. The highest BCUT2D eigenvalue weighted by Crippen LogP contribution is 2.19. The fourth-order valence-corrected chi connectivity index (χ4v) is 4.40. The zero-order valence-corrected chi connectivity index (χ0v) is 14.5. The van der Waals surface area contributed by atoms with Crippen molar-refractivity contribution in [2.24, 2.45) is 5.92 Å². The molecule has 0 aromatic carbocycles. The second kappa shape index (κ2) is 7.40. The van der Waals surface area contributed by atoms with Crippen LogP contribution in [0, 0.1) is 5.92 Å². The first-order valence-corrected chi connectivity index (χ1v) is 10.1. The van der Waals surface area contributed by atoms with Crippen LogP contribution < -0.4 is 5.32 Å². The zero-order valence-electron chi connectivity index (χ0n) is 13.7. The number of hydrogen-bond acceptors (Lipinski definition) is 4. The van der Waals surface area contributed by atoms with Crippen LogP contribution >= 0.6 is 0 Å². The van der Waals surface area contributed by atoms with Crippen molar-refractivity contribution in [1.29, 1.82) is 0 Å². The van der Waals surface area contributed by atoms with E-state index in [1.165, 1.54) is 32.2 Å². The maximum atomic E-state index is 11.5. The van der Waals surface area contributed by atoms with E-state index in [1.54, 1.807) is 4.31 Å². The van der Waals surface area contributed by atoms with Gasteiger partial charge in [0.25, 0.3) is 0 Å². The molecule has 0 aromatic rings. The van der Waals surface area contributed by atoms with Crippen LogP contribution in [0.15, 0.2) is 0 Å². The Balaban J connectivity index is 1.72. The molecule has 0 amide bonds. The van der Waals surface area contributed by atoms with Gasteiger partial charge in [0.05, 0.1) is 6.26 Å². The molecule has 2 aliphatic heterocycles. The summed E-state index contributed by atoms with van der Waals surface area (Å²) in [4.78, 5) is 2.61. The molecule has 6 heteroatoms. The Bertz CT molecular complexity index is 417. The highest BCUT2D eigenvalue weighted by Gasteiger charge is 2.28. The monoisotopic (exact) mass is 317 g/mol. The second-order valence-electron chi connectivity index (χ2n) is 7.03. The average Bonchev–Trinajstić information content (AvgIpc) is 2.82. The standard InChI is InChI=1S/C15H31N3O2S/c1-13(2)12-17-8-4-5-15(17)11-16-14-6-9-18(10-7-14)21(3,19)20/h13-16H,4-12H2,1-3H3/t15-/m1/s1. The van der Waals surface area contributed by atoms with Gasteiger partial charge in [-0.25, -0.2) is 12.7 Å². The largest absolute Gasteiger partial charge is 0.312 e. The van der Waals surface area contributed by atoms with Crippen molar-refractivity contribution in [1.82, 2.24) is 14.5 Å². The van der Waals surface area contributed by atoms with Gasteiger partial charge in [-0.05, 0) is 38.1 Å². The van der Waals surface area contributed by atoms with Crippen molar-refractivity contribution in [3.63, 3.8) is 0 Å². The number of nitrogens with one attached hydrogen (secondary N) is 1. The molecule has 5 nitrogen and oxygen atoms in total. The molecular formula is C15H31N3O2S. The molecule has 2 saturated heterocycles. The lowest BCUT2D eigenvalue weighted by atomic mass is 10.1. The molecule has 0 radical (unpaired) electrons. The average molecular weight is 317 g/mol. The third kappa shape index (κ3) is 5.20. The molecule has 2 rings (SSSR count). The molecule has 0 saturated carbocycles. The van der Waals surface area contributed by atoms with Gasteiger partial charge in [0.2, 0.25) is 10.0 Å². The smallest absolute Gasteiger partial charge is 0.211 e. The quantitative estimate of drug-likeness (QED) is 0.798. The maximum absolute atomic E-state index is 11.5. The van der Waals surface area contributed by atoms with E-state index in [0.29, 0.717) is 25.2 Å². The van der Waals surface area contributed by atoms with Crippen LogP contribution in [0.25, 0.3) is 0 Å². The van der Waals surface area contributed by atoms with Gasteiger partial charge < -0.3 is 5.32 Å². The summed E-state index contributed by atoms with van der Waals surface area (Å²) < 4.78 is 24.6. The highest BCUT2D eigenvalue weighted by molar-refractivity contribution is 7.88. The van der Waals surface area contributed by atoms with E-state index in [1.807, 2.05) is 0 Å². The van der Waals surface area contributed by atoms with Crippen LogP contribution in [-0.2, 0) is 10.0 Å². The third-order valence-corrected chi connectivity index (χ3v) is 5.97. The minimum Gasteiger partial charge on any atom is -0.312 e. The lowest BCUT2D eigenvalue weighted by Crippen LogP contribution is -2.48. The van der Waals surface area contributed by atoms with Crippen LogP contribution in [-0.4, -0.2) is 68.7 Å². The van der Waals surface area contributed by atoms with Crippen LogP contribution in [0.1, 0.15) is 39.5 Å². The zero-order chi connectivity index (χ0) is 15.5. The minimum absolute atomic E-state index is 0.476. The van der Waals surface area contributed by atoms with Gasteiger partial charge in [0.1, 0.15) is 0 Å². The number of hydrogen-bond donors (Lipinski definition) is 1. The molecule has 124 valence electrons. The first-order valence-electron chi connectivity index (χ1n) is 8.29. The van der Waals surface area contributed by atoms with Gasteiger partial charge in [-0.2, -0.15) is 0 Å². The lowest BCUT2D eigenvalue weighted by Gasteiger charge is -2.33. The van der Waals surface area contributed by atoms with E-state index in [2.05, 4.69) is 24.1 Å². The number of nitrogens with zero attached hydrogens (tertiary/aromatic N) is 2. The van der Waals surface area contributed by atoms with E-state index in [4.69, 9.17) is 0 Å². The van der Waals surface area contributed by atoms with Crippen molar-refractivity contribution in [3.8, 4) is 0 Å². The van der Waals surface area contributed by atoms with Crippen LogP contribution in [0.2, 0.25) is 0 Å². The molecule has 0 aromatic heterocycles. The van der Waals surface area contributed by atoms with Crippen molar-refractivity contribution >= 4 is 10.0 Å². The summed E-state index contributed by atoms with van der Waals surface area (Å²) in [6.07, 6.45) is 5.78. The first-order chi connectivity index (χ1) is 9.86. The maximum Gasteiger partial charge on any atom is 0.211 e. The Morgan fingerprint density at radius 2 is 1.81 bits per heavy atom. The molecule has 1 N–H and O–H groups in total. The molecule has 0 aliphatic carbocycles. The van der Waals surface area contributed by atoms with E-state index in [-0.39, 0.29) is 0 Å². The normalized spacial score (nSPS) is 26.8. The lowest BCUT2D eigenvalue weighted by molar-refractivity contribution is 0.208. The summed E-state index contributed by atoms with van der Waals surface area (Å²) in [5.74, 6) is 0.726. The summed E-state index contributed by atoms with van der Waals surface area (Å²) >= 11 is 0. The predicted octanol–water partition coefficient (Wildman–Crippen LogP) is 1.12.